The quantitative estimate of drug-likeness (QED) is 0.389. The first-order valence-corrected chi connectivity index (χ1v) is 13.3. The second-order valence-electron chi connectivity index (χ2n) is 10.1. The number of aromatic amines is 2. The van der Waals surface area contributed by atoms with Crippen LogP contribution in [0.4, 0.5) is 0 Å². The first-order chi connectivity index (χ1) is 18.1. The van der Waals surface area contributed by atoms with Gasteiger partial charge in [-0.2, -0.15) is 0 Å². The van der Waals surface area contributed by atoms with Gasteiger partial charge in [-0.25, -0.2) is 9.59 Å². The van der Waals surface area contributed by atoms with Crippen LogP contribution < -0.4 is 22.5 Å². The van der Waals surface area contributed by atoms with E-state index in [1.54, 1.807) is 13.8 Å². The minimum absolute atomic E-state index is 0.0434. The Hall–Kier alpha value is -2.80. The highest BCUT2D eigenvalue weighted by Crippen LogP contribution is 2.36. The third-order valence-electron chi connectivity index (χ3n) is 7.32. The van der Waals surface area contributed by atoms with Crippen LogP contribution in [0.15, 0.2) is 31.6 Å². The zero-order valence-electron chi connectivity index (χ0n) is 22.5. The molecule has 212 valence electrons. The normalized spacial score (nSPS) is 26.8. The van der Waals surface area contributed by atoms with E-state index < -0.39 is 23.8 Å². The van der Waals surface area contributed by atoms with Gasteiger partial charge in [-0.1, -0.05) is 26.7 Å². The summed E-state index contributed by atoms with van der Waals surface area (Å²) in [4.78, 5) is 50.8. The number of rotatable bonds is 8. The second kappa shape index (κ2) is 13.3. The topological polar surface area (TPSA) is 169 Å². The highest BCUT2D eigenvalue weighted by molar-refractivity contribution is 5.03. The van der Waals surface area contributed by atoms with Crippen LogP contribution in [0.2, 0.25) is 0 Å². The van der Waals surface area contributed by atoms with Gasteiger partial charge in [0.05, 0.1) is 25.4 Å². The summed E-state index contributed by atoms with van der Waals surface area (Å²) in [6.07, 6.45) is 7.07. The molecule has 0 aliphatic carbocycles. The van der Waals surface area contributed by atoms with Gasteiger partial charge in [0.1, 0.15) is 12.5 Å². The Bertz CT molecular complexity index is 1200. The molecule has 38 heavy (non-hydrogen) atoms. The second-order valence-corrected chi connectivity index (χ2v) is 10.1. The number of H-pyrrole nitrogens is 2. The first-order valence-electron chi connectivity index (χ1n) is 13.3. The fourth-order valence-corrected chi connectivity index (χ4v) is 5.25. The molecule has 2 aliphatic rings. The molecule has 12 heteroatoms. The highest BCUT2D eigenvalue weighted by atomic mass is 16.5. The molecular formula is C26H40N4O8. The molecule has 0 amide bonds. The number of hydrogen-bond donors (Lipinski definition) is 4. The Morgan fingerprint density at radius 1 is 0.763 bits per heavy atom. The zero-order valence-corrected chi connectivity index (χ0v) is 22.5. The standard InChI is InChI=1S/2C13H20N2O4/c2*1-3-4-9-5-11(19-10(9)7-16)15-6-8(2)12(17)14-13(15)18/h2*6,9-11,16H,3-5,7H2,1-2H3,(H,14,17,18)/t9-,10+,11+;9-,10+,11-/m00/s1. The molecule has 4 N–H and O–H groups in total. The molecule has 12 nitrogen and oxygen atoms in total. The lowest BCUT2D eigenvalue weighted by Crippen LogP contribution is -2.33. The van der Waals surface area contributed by atoms with E-state index in [1.807, 2.05) is 0 Å². The van der Waals surface area contributed by atoms with Crippen LogP contribution in [0, 0.1) is 25.7 Å². The highest BCUT2D eigenvalue weighted by Gasteiger charge is 2.36. The van der Waals surface area contributed by atoms with Crippen molar-refractivity contribution < 1.29 is 19.7 Å². The van der Waals surface area contributed by atoms with Gasteiger partial charge in [0.25, 0.3) is 11.1 Å². The predicted molar refractivity (Wildman–Crippen MR) is 140 cm³/mol. The summed E-state index contributed by atoms with van der Waals surface area (Å²) >= 11 is 0. The largest absolute Gasteiger partial charge is 0.394 e. The molecule has 4 heterocycles. The Labute approximate surface area is 220 Å². The number of hydrogen-bond acceptors (Lipinski definition) is 8. The molecule has 0 spiro atoms. The smallest absolute Gasteiger partial charge is 0.330 e. The van der Waals surface area contributed by atoms with Gasteiger partial charge < -0.3 is 19.7 Å². The van der Waals surface area contributed by atoms with Gasteiger partial charge in [0.15, 0.2) is 0 Å². The summed E-state index contributed by atoms with van der Waals surface area (Å²) in [6.45, 7) is 7.38. The lowest BCUT2D eigenvalue weighted by atomic mass is 9.96. The predicted octanol–water partition coefficient (Wildman–Crippen LogP) is 1.08. The van der Waals surface area contributed by atoms with Crippen molar-refractivity contribution in [2.45, 2.75) is 90.9 Å². The number of aromatic nitrogens is 4. The summed E-state index contributed by atoms with van der Waals surface area (Å²) in [5.74, 6) is 0.498. The summed E-state index contributed by atoms with van der Waals surface area (Å²) < 4.78 is 14.3. The van der Waals surface area contributed by atoms with Crippen molar-refractivity contribution in [1.82, 2.24) is 19.1 Å². The monoisotopic (exact) mass is 536 g/mol. The van der Waals surface area contributed by atoms with Crippen LogP contribution in [-0.4, -0.2) is 54.7 Å². The Kier molecular flexibility index (Phi) is 10.4. The number of aliphatic hydroxyl groups excluding tert-OH is 2. The maximum Gasteiger partial charge on any atom is 0.330 e. The Morgan fingerprint density at radius 3 is 1.45 bits per heavy atom. The van der Waals surface area contributed by atoms with E-state index in [-0.39, 0.29) is 48.4 Å². The van der Waals surface area contributed by atoms with Crippen LogP contribution in [0.25, 0.3) is 0 Å². The van der Waals surface area contributed by atoms with Gasteiger partial charge in [0, 0.05) is 23.5 Å². The van der Waals surface area contributed by atoms with E-state index in [4.69, 9.17) is 9.47 Å². The van der Waals surface area contributed by atoms with Gasteiger partial charge in [-0.05, 0) is 51.4 Å². The molecule has 0 unspecified atom stereocenters. The Morgan fingerprint density at radius 2 is 1.13 bits per heavy atom. The summed E-state index contributed by atoms with van der Waals surface area (Å²) in [5.41, 5.74) is -0.722. The van der Waals surface area contributed by atoms with E-state index in [9.17, 15) is 29.4 Å². The van der Waals surface area contributed by atoms with Crippen molar-refractivity contribution in [3.05, 3.63) is 65.2 Å². The van der Waals surface area contributed by atoms with Crippen molar-refractivity contribution >= 4 is 0 Å². The minimum atomic E-state index is -0.463. The van der Waals surface area contributed by atoms with Crippen molar-refractivity contribution in [2.24, 2.45) is 11.8 Å². The fraction of sp³-hybridized carbons (Fsp3) is 0.692. The molecule has 6 atom stereocenters. The number of nitrogens with one attached hydrogen (secondary N) is 2. The van der Waals surface area contributed by atoms with E-state index in [0.717, 1.165) is 25.7 Å². The molecule has 0 radical (unpaired) electrons. The van der Waals surface area contributed by atoms with Crippen molar-refractivity contribution in [1.29, 1.82) is 0 Å². The fourth-order valence-electron chi connectivity index (χ4n) is 5.25. The average molecular weight is 537 g/mol. The van der Waals surface area contributed by atoms with E-state index in [0.29, 0.717) is 24.0 Å². The van der Waals surface area contributed by atoms with Crippen LogP contribution in [0.5, 0.6) is 0 Å². The van der Waals surface area contributed by atoms with Crippen LogP contribution in [-0.2, 0) is 9.47 Å². The van der Waals surface area contributed by atoms with Gasteiger partial charge >= 0.3 is 11.4 Å². The molecule has 4 rings (SSSR count). The van der Waals surface area contributed by atoms with Gasteiger partial charge in [0.2, 0.25) is 0 Å². The molecule has 2 aromatic rings. The number of nitrogens with zero attached hydrogens (tertiary/aromatic N) is 2. The van der Waals surface area contributed by atoms with Crippen molar-refractivity contribution in [3.8, 4) is 0 Å². The molecule has 0 bridgehead atoms. The van der Waals surface area contributed by atoms with Crippen LogP contribution in [0.3, 0.4) is 0 Å². The summed E-state index contributed by atoms with van der Waals surface area (Å²) in [5, 5.41) is 18.7. The van der Waals surface area contributed by atoms with E-state index >= 15 is 0 Å². The maximum atomic E-state index is 11.8. The lowest BCUT2D eigenvalue weighted by Gasteiger charge is -2.15. The molecular weight excluding hydrogens is 496 g/mol. The van der Waals surface area contributed by atoms with E-state index in [1.165, 1.54) is 21.5 Å². The number of aliphatic hydroxyl groups is 2. The third kappa shape index (κ3) is 6.79. The van der Waals surface area contributed by atoms with E-state index in [2.05, 4.69) is 23.8 Å². The summed E-state index contributed by atoms with van der Waals surface area (Å²) in [7, 11) is 0. The van der Waals surface area contributed by atoms with Crippen molar-refractivity contribution in [3.63, 3.8) is 0 Å². The first kappa shape index (κ1) is 29.8. The van der Waals surface area contributed by atoms with Gasteiger partial charge in [-0.15, -0.1) is 0 Å². The van der Waals surface area contributed by atoms with Crippen molar-refractivity contribution in [2.75, 3.05) is 13.2 Å². The molecule has 2 aliphatic heterocycles. The Balaban J connectivity index is 0.000000211. The number of aryl methyl sites for hydroxylation is 2. The SMILES string of the molecule is CCC[C@H]1C[C@@H](n2cc(C)c(=O)[nH]c2=O)O[C@@H]1CO.CCC[C@H]1C[C@H](n2cc(C)c(=O)[nH]c2=O)O[C@@H]1CO. The lowest BCUT2D eigenvalue weighted by molar-refractivity contribution is -0.0333. The number of ether oxygens (including phenoxy) is 2. The maximum absolute atomic E-state index is 11.8. The van der Waals surface area contributed by atoms with Gasteiger partial charge in [-0.3, -0.25) is 28.7 Å². The molecule has 0 aromatic carbocycles. The average Bonchev–Trinajstić information content (AvgIpc) is 3.48. The van der Waals surface area contributed by atoms with Crippen LogP contribution >= 0.6 is 0 Å². The molecule has 2 saturated heterocycles. The molecule has 2 aromatic heterocycles. The third-order valence-corrected chi connectivity index (χ3v) is 7.32. The minimum Gasteiger partial charge on any atom is -0.394 e. The van der Waals surface area contributed by atoms with Crippen LogP contribution in [0.1, 0.15) is 76.0 Å². The molecule has 0 saturated carbocycles. The zero-order chi connectivity index (χ0) is 28.0. The summed E-state index contributed by atoms with van der Waals surface area (Å²) in [6, 6.07) is 0. The molecule has 2 fully saturated rings.